The predicted octanol–water partition coefficient (Wildman–Crippen LogP) is 2.19. The van der Waals surface area contributed by atoms with Gasteiger partial charge in [0.25, 0.3) is 5.91 Å². The van der Waals surface area contributed by atoms with Crippen LogP contribution in [0.3, 0.4) is 0 Å². The van der Waals surface area contributed by atoms with Gasteiger partial charge >= 0.3 is 0 Å². The highest BCUT2D eigenvalue weighted by molar-refractivity contribution is 7.15. The van der Waals surface area contributed by atoms with Gasteiger partial charge in [-0.3, -0.25) is 4.79 Å². The zero-order valence-electron chi connectivity index (χ0n) is 14.4. The van der Waals surface area contributed by atoms with Crippen molar-refractivity contribution in [3.05, 3.63) is 52.2 Å². The van der Waals surface area contributed by atoms with E-state index in [1.807, 2.05) is 24.3 Å². The van der Waals surface area contributed by atoms with Crippen molar-refractivity contribution in [3.8, 4) is 10.8 Å². The summed E-state index contributed by atoms with van der Waals surface area (Å²) >= 11 is 1.61. The number of aromatic nitrogens is 4. The van der Waals surface area contributed by atoms with E-state index in [1.165, 1.54) is 11.2 Å². The second-order valence-corrected chi connectivity index (χ2v) is 7.23. The summed E-state index contributed by atoms with van der Waals surface area (Å²) in [6.07, 6.45) is 5.37. The number of methoxy groups -OCH3 is 1. The van der Waals surface area contributed by atoms with Gasteiger partial charge in [0.15, 0.2) is 0 Å². The highest BCUT2D eigenvalue weighted by Crippen LogP contribution is 2.37. The third kappa shape index (κ3) is 3.20. The second-order valence-electron chi connectivity index (χ2n) is 6.15. The topological polar surface area (TPSA) is 81.9 Å². The van der Waals surface area contributed by atoms with Crippen molar-refractivity contribution in [3.63, 3.8) is 0 Å². The average molecular weight is 369 g/mol. The number of nitrogens with one attached hydrogen (secondary N) is 1. The number of carbonyl (C=O) groups excluding carboxylic acids is 1. The molecular formula is C18H19N5O2S. The minimum absolute atomic E-state index is 0.0524. The Balaban J connectivity index is 1.48. The number of nitrogens with zero attached hydrogens (tertiary/aromatic N) is 4. The molecular weight excluding hydrogens is 350 g/mol. The van der Waals surface area contributed by atoms with Crippen molar-refractivity contribution in [2.24, 2.45) is 0 Å². The Kier molecular flexibility index (Phi) is 4.66. The largest absolute Gasteiger partial charge is 0.497 e. The van der Waals surface area contributed by atoms with E-state index in [2.05, 4.69) is 20.8 Å². The Morgan fingerprint density at radius 2 is 2.15 bits per heavy atom. The van der Waals surface area contributed by atoms with E-state index in [4.69, 9.17) is 4.74 Å². The normalized spacial score (nSPS) is 12.8. The number of hydrogen-bond acceptors (Lipinski definition) is 6. The van der Waals surface area contributed by atoms with Crippen LogP contribution in [-0.4, -0.2) is 39.8 Å². The first-order chi connectivity index (χ1) is 12.8. The van der Waals surface area contributed by atoms with Crippen LogP contribution in [0.25, 0.3) is 5.00 Å². The lowest BCUT2D eigenvalue weighted by Crippen LogP contribution is -2.27. The number of aryl methyl sites for hydroxylation is 1. The molecule has 134 valence electrons. The van der Waals surface area contributed by atoms with E-state index in [9.17, 15) is 4.79 Å². The molecule has 0 radical (unpaired) electrons. The number of fused-ring (bicyclic) bond motifs is 1. The summed E-state index contributed by atoms with van der Waals surface area (Å²) in [6.45, 7) is 0.574. The Bertz CT molecular complexity index is 903. The van der Waals surface area contributed by atoms with E-state index >= 15 is 0 Å². The number of benzene rings is 1. The Hall–Kier alpha value is -2.74. The fourth-order valence-electron chi connectivity index (χ4n) is 3.24. The zero-order chi connectivity index (χ0) is 17.9. The van der Waals surface area contributed by atoms with Gasteiger partial charge in [-0.15, -0.1) is 16.4 Å². The number of rotatable bonds is 6. The molecule has 0 saturated heterocycles. The number of carbonyl (C=O) groups is 1. The van der Waals surface area contributed by atoms with E-state index in [-0.39, 0.29) is 5.91 Å². The lowest BCUT2D eigenvalue weighted by molar-refractivity contribution is 0.0953. The summed E-state index contributed by atoms with van der Waals surface area (Å²) in [6, 6.07) is 7.89. The Labute approximate surface area is 155 Å². The van der Waals surface area contributed by atoms with Gasteiger partial charge in [0.2, 0.25) is 0 Å². The zero-order valence-corrected chi connectivity index (χ0v) is 15.3. The third-order valence-electron chi connectivity index (χ3n) is 4.55. The van der Waals surface area contributed by atoms with E-state index in [0.717, 1.165) is 53.1 Å². The monoisotopic (exact) mass is 369 g/mol. The molecule has 1 N–H and O–H groups in total. The maximum Gasteiger partial charge on any atom is 0.254 e. The highest BCUT2D eigenvalue weighted by atomic mass is 32.1. The summed E-state index contributed by atoms with van der Waals surface area (Å²) in [5.41, 5.74) is 3.04. The van der Waals surface area contributed by atoms with Gasteiger partial charge in [-0.2, -0.15) is 4.68 Å². The highest BCUT2D eigenvalue weighted by Gasteiger charge is 2.27. The number of thiophene rings is 1. The van der Waals surface area contributed by atoms with Gasteiger partial charge in [0, 0.05) is 11.4 Å². The van der Waals surface area contributed by atoms with Crippen LogP contribution in [0.5, 0.6) is 5.75 Å². The van der Waals surface area contributed by atoms with Crippen LogP contribution in [0.2, 0.25) is 0 Å². The van der Waals surface area contributed by atoms with Gasteiger partial charge in [-0.25, -0.2) is 0 Å². The molecule has 2 aromatic heterocycles. The first-order valence-corrected chi connectivity index (χ1v) is 9.37. The smallest absolute Gasteiger partial charge is 0.254 e. The molecule has 26 heavy (non-hydrogen) atoms. The van der Waals surface area contributed by atoms with Crippen LogP contribution >= 0.6 is 11.3 Å². The first kappa shape index (κ1) is 16.7. The fraction of sp³-hybridized carbons (Fsp3) is 0.333. The summed E-state index contributed by atoms with van der Waals surface area (Å²) in [5.74, 6) is 0.779. The van der Waals surface area contributed by atoms with E-state index in [0.29, 0.717) is 6.54 Å². The molecule has 1 aromatic carbocycles. The summed E-state index contributed by atoms with van der Waals surface area (Å²) in [4.78, 5) is 14.1. The maximum atomic E-state index is 12.9. The lowest BCUT2D eigenvalue weighted by Gasteiger charge is -2.08. The molecule has 0 fully saturated rings. The quantitative estimate of drug-likeness (QED) is 0.720. The van der Waals surface area contributed by atoms with Crippen LogP contribution in [0.4, 0.5) is 0 Å². The van der Waals surface area contributed by atoms with E-state index < -0.39 is 0 Å². The molecule has 3 aromatic rings. The molecule has 7 nitrogen and oxygen atoms in total. The number of hydrogen-bond donors (Lipinski definition) is 1. The van der Waals surface area contributed by atoms with Crippen LogP contribution in [-0.2, 0) is 19.3 Å². The SMILES string of the molecule is COc1ccc(CCNC(=O)c2c(-n3cnnn3)sc3c2CCC3)cc1. The number of amides is 1. The Morgan fingerprint density at radius 3 is 2.88 bits per heavy atom. The fourth-order valence-corrected chi connectivity index (χ4v) is 4.54. The van der Waals surface area contributed by atoms with Crippen molar-refractivity contribution < 1.29 is 9.53 Å². The number of tetrazole rings is 1. The van der Waals surface area contributed by atoms with Crippen molar-refractivity contribution >= 4 is 17.2 Å². The molecule has 1 amide bonds. The molecule has 1 aliphatic carbocycles. The summed E-state index contributed by atoms with van der Waals surface area (Å²) in [5, 5.41) is 15.2. The van der Waals surface area contributed by atoms with Crippen molar-refractivity contribution in [1.29, 1.82) is 0 Å². The van der Waals surface area contributed by atoms with Crippen molar-refractivity contribution in [1.82, 2.24) is 25.5 Å². The van der Waals surface area contributed by atoms with Gasteiger partial charge in [-0.1, -0.05) is 12.1 Å². The summed E-state index contributed by atoms with van der Waals surface area (Å²) < 4.78 is 6.75. The van der Waals surface area contributed by atoms with Gasteiger partial charge in [0.05, 0.1) is 12.7 Å². The van der Waals surface area contributed by atoms with Crippen LogP contribution in [0.15, 0.2) is 30.6 Å². The van der Waals surface area contributed by atoms with Crippen molar-refractivity contribution in [2.45, 2.75) is 25.7 Å². The molecule has 2 heterocycles. The molecule has 0 unspecified atom stereocenters. The minimum Gasteiger partial charge on any atom is -0.497 e. The maximum absolute atomic E-state index is 12.9. The second kappa shape index (κ2) is 7.25. The predicted molar refractivity (Wildman–Crippen MR) is 98.1 cm³/mol. The minimum atomic E-state index is -0.0524. The van der Waals surface area contributed by atoms with Gasteiger partial charge in [0.1, 0.15) is 17.1 Å². The molecule has 8 heteroatoms. The standard InChI is InChI=1S/C18H19N5O2S/c1-25-13-7-5-12(6-8-13)9-10-19-17(24)16-14-3-2-4-15(14)26-18(16)23-11-20-21-22-23/h5-8,11H,2-4,9-10H2,1H3,(H,19,24). The van der Waals surface area contributed by atoms with Crippen LogP contribution < -0.4 is 10.1 Å². The van der Waals surface area contributed by atoms with Gasteiger partial charge in [-0.05, 0) is 59.4 Å². The molecule has 4 rings (SSSR count). The molecule has 0 bridgehead atoms. The number of ether oxygens (including phenoxy) is 1. The van der Waals surface area contributed by atoms with Crippen LogP contribution in [0.1, 0.15) is 32.8 Å². The van der Waals surface area contributed by atoms with E-state index in [1.54, 1.807) is 23.1 Å². The van der Waals surface area contributed by atoms with Gasteiger partial charge < -0.3 is 10.1 Å². The Morgan fingerprint density at radius 1 is 1.31 bits per heavy atom. The third-order valence-corrected chi connectivity index (χ3v) is 5.83. The van der Waals surface area contributed by atoms with Crippen molar-refractivity contribution in [2.75, 3.05) is 13.7 Å². The molecule has 0 spiro atoms. The molecule has 0 aliphatic heterocycles. The average Bonchev–Trinajstić information content (AvgIpc) is 3.38. The van der Waals surface area contributed by atoms with Crippen LogP contribution in [0, 0.1) is 0 Å². The molecule has 0 atom stereocenters. The first-order valence-electron chi connectivity index (χ1n) is 8.55. The molecule has 1 aliphatic rings. The molecule has 0 saturated carbocycles. The lowest BCUT2D eigenvalue weighted by atomic mass is 10.1. The summed E-state index contributed by atoms with van der Waals surface area (Å²) in [7, 11) is 1.65.